The first kappa shape index (κ1) is 8.81. The van der Waals surface area contributed by atoms with Gasteiger partial charge in [-0.1, -0.05) is 6.08 Å². The summed E-state index contributed by atoms with van der Waals surface area (Å²) in [5, 5.41) is 0. The third-order valence-electron chi connectivity index (χ3n) is 1.88. The molecule has 1 heterocycles. The number of carbonyl (C=O) groups excluding carboxylic acids is 1. The molecule has 72 valence electrons. The lowest BCUT2D eigenvalue weighted by atomic mass is 10.1. The van der Waals surface area contributed by atoms with Crippen LogP contribution in [0.25, 0.3) is 6.08 Å². The highest BCUT2D eigenvalue weighted by atomic mass is 16.5. The smallest absolute Gasteiger partial charge is 0.308 e. The summed E-state index contributed by atoms with van der Waals surface area (Å²) in [5.74, 6) is 1.06. The van der Waals surface area contributed by atoms with Crippen LogP contribution in [0.3, 0.4) is 0 Å². The second kappa shape index (κ2) is 3.54. The zero-order chi connectivity index (χ0) is 9.97. The maximum Gasteiger partial charge on any atom is 0.308 e. The van der Waals surface area contributed by atoms with Crippen LogP contribution in [-0.2, 0) is 4.79 Å². The Morgan fingerprint density at radius 2 is 2.36 bits per heavy atom. The first-order chi connectivity index (χ1) is 6.75. The number of carbonyl (C=O) groups is 1. The van der Waals surface area contributed by atoms with E-state index in [1.165, 1.54) is 6.92 Å². The summed E-state index contributed by atoms with van der Waals surface area (Å²) in [6.07, 6.45) is 3.87. The lowest BCUT2D eigenvalue weighted by Crippen LogP contribution is -2.03. The Labute approximate surface area is 81.9 Å². The van der Waals surface area contributed by atoms with Gasteiger partial charge in [-0.25, -0.2) is 0 Å². The van der Waals surface area contributed by atoms with E-state index in [0.29, 0.717) is 12.4 Å². The van der Waals surface area contributed by atoms with Crippen molar-refractivity contribution in [2.75, 3.05) is 6.61 Å². The van der Waals surface area contributed by atoms with E-state index in [-0.39, 0.29) is 5.97 Å². The first-order valence-corrected chi connectivity index (χ1v) is 4.37. The number of hydrogen-bond acceptors (Lipinski definition) is 3. The van der Waals surface area contributed by atoms with Crippen LogP contribution in [0.2, 0.25) is 0 Å². The van der Waals surface area contributed by atoms with Gasteiger partial charge in [0.25, 0.3) is 0 Å². The molecule has 1 aromatic rings. The molecule has 2 rings (SSSR count). The Morgan fingerprint density at radius 1 is 1.50 bits per heavy atom. The molecule has 0 N–H and O–H groups in total. The third kappa shape index (κ3) is 1.76. The maximum atomic E-state index is 10.7. The van der Waals surface area contributed by atoms with E-state index in [1.54, 1.807) is 18.2 Å². The van der Waals surface area contributed by atoms with Crippen LogP contribution in [0.5, 0.6) is 11.5 Å². The summed E-state index contributed by atoms with van der Waals surface area (Å²) in [7, 11) is 0. The molecule has 0 bridgehead atoms. The van der Waals surface area contributed by atoms with Crippen LogP contribution in [0.15, 0.2) is 24.3 Å². The van der Waals surface area contributed by atoms with E-state index in [2.05, 4.69) is 0 Å². The zero-order valence-corrected chi connectivity index (χ0v) is 7.82. The van der Waals surface area contributed by atoms with Crippen LogP contribution in [-0.4, -0.2) is 12.6 Å². The van der Waals surface area contributed by atoms with Crippen LogP contribution < -0.4 is 9.47 Å². The predicted octanol–water partition coefficient (Wildman–Crippen LogP) is 2.02. The minimum absolute atomic E-state index is 0.314. The number of hydrogen-bond donors (Lipinski definition) is 0. The van der Waals surface area contributed by atoms with Crippen LogP contribution in [0, 0.1) is 0 Å². The standard InChI is InChI=1S/C11H10O3/c1-8(12)14-10-4-5-11-9(7-10)3-2-6-13-11/h2-5,7H,6H2,1H3. The first-order valence-electron chi connectivity index (χ1n) is 4.37. The van der Waals surface area contributed by atoms with Crippen molar-refractivity contribution in [2.45, 2.75) is 6.92 Å². The number of fused-ring (bicyclic) bond motifs is 1. The normalized spacial score (nSPS) is 12.9. The van der Waals surface area contributed by atoms with Gasteiger partial charge in [-0.05, 0) is 24.3 Å². The summed E-state index contributed by atoms with van der Waals surface area (Å²) >= 11 is 0. The Kier molecular flexibility index (Phi) is 2.23. The van der Waals surface area contributed by atoms with E-state index in [1.807, 2.05) is 12.2 Å². The highest BCUT2D eigenvalue weighted by Crippen LogP contribution is 2.27. The molecule has 3 nitrogen and oxygen atoms in total. The van der Waals surface area contributed by atoms with Gasteiger partial charge < -0.3 is 9.47 Å². The SMILES string of the molecule is CC(=O)Oc1ccc2c(c1)C=CCO2. The Morgan fingerprint density at radius 3 is 3.14 bits per heavy atom. The van der Waals surface area contributed by atoms with Gasteiger partial charge in [-0.15, -0.1) is 0 Å². The highest BCUT2D eigenvalue weighted by Gasteiger charge is 2.07. The predicted molar refractivity (Wildman–Crippen MR) is 52.3 cm³/mol. The molecule has 0 amide bonds. The summed E-state index contributed by atoms with van der Waals surface area (Å²) < 4.78 is 10.3. The molecule has 1 aromatic carbocycles. The summed E-state index contributed by atoms with van der Waals surface area (Å²) in [5.41, 5.74) is 0.940. The number of benzene rings is 1. The summed E-state index contributed by atoms with van der Waals surface area (Å²) in [6, 6.07) is 5.31. The van der Waals surface area contributed by atoms with Crippen molar-refractivity contribution in [1.82, 2.24) is 0 Å². The molecule has 3 heteroatoms. The number of ether oxygens (including phenoxy) is 2. The highest BCUT2D eigenvalue weighted by molar-refractivity contribution is 5.70. The van der Waals surface area contributed by atoms with Crippen molar-refractivity contribution in [3.63, 3.8) is 0 Å². The van der Waals surface area contributed by atoms with Gasteiger partial charge in [0.15, 0.2) is 0 Å². The molecule has 1 aliphatic rings. The fraction of sp³-hybridized carbons (Fsp3) is 0.182. The largest absolute Gasteiger partial charge is 0.489 e. The summed E-state index contributed by atoms with van der Waals surface area (Å²) in [4.78, 5) is 10.7. The lowest BCUT2D eigenvalue weighted by molar-refractivity contribution is -0.131. The average Bonchev–Trinajstić information content (AvgIpc) is 2.17. The minimum Gasteiger partial charge on any atom is -0.489 e. The van der Waals surface area contributed by atoms with Crippen molar-refractivity contribution in [3.05, 3.63) is 29.8 Å². The molecule has 14 heavy (non-hydrogen) atoms. The average molecular weight is 190 g/mol. The topological polar surface area (TPSA) is 35.5 Å². The second-order valence-corrected chi connectivity index (χ2v) is 3.01. The number of rotatable bonds is 1. The quantitative estimate of drug-likeness (QED) is 0.502. The molecule has 0 fully saturated rings. The molecule has 0 radical (unpaired) electrons. The molecule has 0 aromatic heterocycles. The molecule has 0 spiro atoms. The van der Waals surface area contributed by atoms with Gasteiger partial charge in [0.05, 0.1) is 0 Å². The molecule has 0 unspecified atom stereocenters. The van der Waals surface area contributed by atoms with Crippen molar-refractivity contribution < 1.29 is 14.3 Å². The third-order valence-corrected chi connectivity index (χ3v) is 1.88. The van der Waals surface area contributed by atoms with Gasteiger partial charge >= 0.3 is 5.97 Å². The molecule has 1 aliphatic heterocycles. The Balaban J connectivity index is 2.30. The molecular weight excluding hydrogens is 180 g/mol. The Hall–Kier alpha value is -1.77. The number of esters is 1. The fourth-order valence-electron chi connectivity index (χ4n) is 1.33. The molecule has 0 saturated carbocycles. The van der Waals surface area contributed by atoms with E-state index < -0.39 is 0 Å². The second-order valence-electron chi connectivity index (χ2n) is 3.01. The van der Waals surface area contributed by atoms with Gasteiger partial charge in [0, 0.05) is 12.5 Å². The Bertz CT molecular complexity index is 394. The lowest BCUT2D eigenvalue weighted by Gasteiger charge is -2.12. The van der Waals surface area contributed by atoms with Crippen LogP contribution in [0.4, 0.5) is 0 Å². The van der Waals surface area contributed by atoms with Gasteiger partial charge in [0.1, 0.15) is 18.1 Å². The van der Waals surface area contributed by atoms with E-state index in [4.69, 9.17) is 9.47 Å². The van der Waals surface area contributed by atoms with Crippen LogP contribution >= 0.6 is 0 Å². The van der Waals surface area contributed by atoms with Crippen molar-refractivity contribution in [1.29, 1.82) is 0 Å². The van der Waals surface area contributed by atoms with E-state index in [0.717, 1.165) is 11.3 Å². The van der Waals surface area contributed by atoms with E-state index >= 15 is 0 Å². The molecule has 0 atom stereocenters. The minimum atomic E-state index is -0.314. The zero-order valence-electron chi connectivity index (χ0n) is 7.82. The maximum absolute atomic E-state index is 10.7. The van der Waals surface area contributed by atoms with Crippen molar-refractivity contribution in [3.8, 4) is 11.5 Å². The van der Waals surface area contributed by atoms with Gasteiger partial charge in [-0.3, -0.25) is 4.79 Å². The van der Waals surface area contributed by atoms with Crippen LogP contribution in [0.1, 0.15) is 12.5 Å². The molecule has 0 aliphatic carbocycles. The monoisotopic (exact) mass is 190 g/mol. The van der Waals surface area contributed by atoms with Crippen molar-refractivity contribution >= 4 is 12.0 Å². The molecule has 0 saturated heterocycles. The molecular formula is C11H10O3. The van der Waals surface area contributed by atoms with Gasteiger partial charge in [-0.2, -0.15) is 0 Å². The van der Waals surface area contributed by atoms with E-state index in [9.17, 15) is 4.79 Å². The fourth-order valence-corrected chi connectivity index (χ4v) is 1.33. The van der Waals surface area contributed by atoms with Crippen molar-refractivity contribution in [2.24, 2.45) is 0 Å². The van der Waals surface area contributed by atoms with Gasteiger partial charge in [0.2, 0.25) is 0 Å². The summed E-state index contributed by atoms with van der Waals surface area (Å²) in [6.45, 7) is 1.98.